The lowest BCUT2D eigenvalue weighted by Crippen LogP contribution is -2.30. The third kappa shape index (κ3) is 2.47. The molecule has 0 aromatic carbocycles. The topological polar surface area (TPSA) is 44.1 Å². The van der Waals surface area contributed by atoms with E-state index >= 15 is 0 Å². The van der Waals surface area contributed by atoms with Crippen LogP contribution in [0.4, 0.5) is 0 Å². The van der Waals surface area contributed by atoms with Crippen LogP contribution in [0.25, 0.3) is 0 Å². The van der Waals surface area contributed by atoms with E-state index in [1.165, 1.54) is 0 Å². The van der Waals surface area contributed by atoms with Gasteiger partial charge in [-0.05, 0) is 17.8 Å². The number of nitriles is 1. The Morgan fingerprint density at radius 2 is 2.21 bits per heavy atom. The van der Waals surface area contributed by atoms with Crippen LogP contribution in [-0.4, -0.2) is 23.9 Å². The zero-order valence-electron chi connectivity index (χ0n) is 9.21. The number of nitrogens with zero attached hydrogens (tertiary/aromatic N) is 2. The fourth-order valence-electron chi connectivity index (χ4n) is 1.87. The van der Waals surface area contributed by atoms with Crippen molar-refractivity contribution in [1.29, 1.82) is 5.26 Å². The number of carbonyl (C=O) groups excluding carboxylic acids is 1. The third-order valence-corrected chi connectivity index (χ3v) is 3.00. The minimum absolute atomic E-state index is 0.0146. The monoisotopic (exact) mass is 194 g/mol. The summed E-state index contributed by atoms with van der Waals surface area (Å²) in [6.07, 6.45) is 1.09. The second-order valence-electron chi connectivity index (χ2n) is 5.03. The summed E-state index contributed by atoms with van der Waals surface area (Å²) in [6, 6.07) is 1.91. The van der Waals surface area contributed by atoms with E-state index in [0.29, 0.717) is 5.92 Å². The van der Waals surface area contributed by atoms with E-state index in [9.17, 15) is 4.79 Å². The van der Waals surface area contributed by atoms with Gasteiger partial charge in [-0.3, -0.25) is 4.79 Å². The fourth-order valence-corrected chi connectivity index (χ4v) is 1.87. The van der Waals surface area contributed by atoms with Crippen LogP contribution >= 0.6 is 0 Å². The highest BCUT2D eigenvalue weighted by Gasteiger charge is 2.33. The number of rotatable bonds is 1. The second kappa shape index (κ2) is 4.00. The van der Waals surface area contributed by atoms with Crippen LogP contribution in [0.15, 0.2) is 0 Å². The molecule has 0 aromatic rings. The van der Waals surface area contributed by atoms with E-state index in [1.54, 1.807) is 0 Å². The van der Waals surface area contributed by atoms with Gasteiger partial charge >= 0.3 is 0 Å². The molecule has 78 valence electrons. The number of likely N-dealkylation sites (tertiary alicyclic amines) is 1. The lowest BCUT2D eigenvalue weighted by molar-refractivity contribution is -0.129. The molecule has 0 saturated carbocycles. The van der Waals surface area contributed by atoms with Crippen molar-refractivity contribution in [2.45, 2.75) is 33.6 Å². The summed E-state index contributed by atoms with van der Waals surface area (Å²) in [5.41, 5.74) is 0.266. The Kier molecular flexibility index (Phi) is 3.15. The minimum Gasteiger partial charge on any atom is -0.341 e. The van der Waals surface area contributed by atoms with Crippen molar-refractivity contribution < 1.29 is 4.79 Å². The summed E-state index contributed by atoms with van der Waals surface area (Å²) >= 11 is 0. The predicted molar refractivity (Wildman–Crippen MR) is 54.4 cm³/mol. The molecule has 0 spiro atoms. The van der Waals surface area contributed by atoms with Crippen molar-refractivity contribution in [3.05, 3.63) is 0 Å². The van der Waals surface area contributed by atoms with E-state index in [1.807, 2.05) is 11.0 Å². The van der Waals surface area contributed by atoms with E-state index in [4.69, 9.17) is 5.26 Å². The van der Waals surface area contributed by atoms with E-state index in [0.717, 1.165) is 19.5 Å². The minimum atomic E-state index is -0.0146. The molecule has 1 atom stereocenters. The largest absolute Gasteiger partial charge is 0.341 e. The molecule has 14 heavy (non-hydrogen) atoms. The Hall–Kier alpha value is -1.04. The number of hydrogen-bond acceptors (Lipinski definition) is 2. The average Bonchev–Trinajstić information content (AvgIpc) is 2.51. The molecule has 1 saturated heterocycles. The second-order valence-corrected chi connectivity index (χ2v) is 5.03. The van der Waals surface area contributed by atoms with Crippen LogP contribution in [0.5, 0.6) is 0 Å². The molecule has 0 radical (unpaired) electrons. The molecule has 0 N–H and O–H groups in total. The van der Waals surface area contributed by atoms with Crippen molar-refractivity contribution in [1.82, 2.24) is 4.90 Å². The zero-order valence-corrected chi connectivity index (χ0v) is 9.21. The molecule has 1 rings (SSSR count). The Morgan fingerprint density at radius 1 is 1.57 bits per heavy atom. The van der Waals surface area contributed by atoms with Crippen LogP contribution < -0.4 is 0 Å². The predicted octanol–water partition coefficient (Wildman–Crippen LogP) is 1.79. The maximum Gasteiger partial charge on any atom is 0.236 e. The highest BCUT2D eigenvalue weighted by molar-refractivity contribution is 5.78. The van der Waals surface area contributed by atoms with Gasteiger partial charge in [-0.25, -0.2) is 0 Å². The van der Waals surface area contributed by atoms with E-state index in [2.05, 4.69) is 20.8 Å². The van der Waals surface area contributed by atoms with Gasteiger partial charge in [0.25, 0.3) is 0 Å². The SMILES string of the molecule is CC(C)(C)C1CCN(C(=O)CC#N)C1. The maximum atomic E-state index is 11.4. The first-order valence-electron chi connectivity index (χ1n) is 5.10. The molecule has 3 heteroatoms. The smallest absolute Gasteiger partial charge is 0.236 e. The first kappa shape index (κ1) is 11.0. The summed E-state index contributed by atoms with van der Waals surface area (Å²) < 4.78 is 0. The van der Waals surface area contributed by atoms with Gasteiger partial charge in [0.1, 0.15) is 6.42 Å². The van der Waals surface area contributed by atoms with Gasteiger partial charge in [0.05, 0.1) is 6.07 Å². The molecule has 0 bridgehead atoms. The van der Waals surface area contributed by atoms with Crippen LogP contribution in [0.1, 0.15) is 33.6 Å². The van der Waals surface area contributed by atoms with Crippen molar-refractivity contribution in [3.8, 4) is 6.07 Å². The number of hydrogen-bond donors (Lipinski definition) is 0. The third-order valence-electron chi connectivity index (χ3n) is 3.00. The fraction of sp³-hybridized carbons (Fsp3) is 0.818. The van der Waals surface area contributed by atoms with E-state index in [-0.39, 0.29) is 17.7 Å². The Balaban J connectivity index is 2.50. The molecule has 1 aliphatic rings. The van der Waals surface area contributed by atoms with Crippen molar-refractivity contribution in [2.24, 2.45) is 11.3 Å². The van der Waals surface area contributed by atoms with Crippen LogP contribution in [0.3, 0.4) is 0 Å². The molecule has 1 unspecified atom stereocenters. The molecule has 0 aromatic heterocycles. The quantitative estimate of drug-likeness (QED) is 0.638. The van der Waals surface area contributed by atoms with Crippen LogP contribution in [-0.2, 0) is 4.79 Å². The first-order chi connectivity index (χ1) is 6.45. The summed E-state index contributed by atoms with van der Waals surface area (Å²) in [6.45, 7) is 8.26. The van der Waals surface area contributed by atoms with Gasteiger partial charge in [0.15, 0.2) is 0 Å². The van der Waals surface area contributed by atoms with Crippen LogP contribution in [0, 0.1) is 22.7 Å². The molecule has 1 heterocycles. The van der Waals surface area contributed by atoms with Crippen molar-refractivity contribution in [3.63, 3.8) is 0 Å². The summed E-state index contributed by atoms with van der Waals surface area (Å²) in [7, 11) is 0. The highest BCUT2D eigenvalue weighted by atomic mass is 16.2. The molecule has 1 fully saturated rings. The molecule has 1 aliphatic heterocycles. The van der Waals surface area contributed by atoms with Gasteiger partial charge in [-0.1, -0.05) is 20.8 Å². The Bertz CT molecular complexity index is 259. The first-order valence-corrected chi connectivity index (χ1v) is 5.10. The van der Waals surface area contributed by atoms with Gasteiger partial charge in [-0.15, -0.1) is 0 Å². The Labute approximate surface area is 85.7 Å². The maximum absolute atomic E-state index is 11.4. The van der Waals surface area contributed by atoms with Gasteiger partial charge < -0.3 is 4.90 Å². The standard InChI is InChI=1S/C11H18N2O/c1-11(2,3)9-5-7-13(8-9)10(14)4-6-12/h9H,4-5,7-8H2,1-3H3. The average molecular weight is 194 g/mol. The molecule has 1 amide bonds. The van der Waals surface area contributed by atoms with Gasteiger partial charge in [-0.2, -0.15) is 5.26 Å². The van der Waals surface area contributed by atoms with Crippen molar-refractivity contribution in [2.75, 3.05) is 13.1 Å². The van der Waals surface area contributed by atoms with Crippen LogP contribution in [0.2, 0.25) is 0 Å². The zero-order chi connectivity index (χ0) is 10.8. The number of carbonyl (C=O) groups is 1. The molecule has 0 aliphatic carbocycles. The highest BCUT2D eigenvalue weighted by Crippen LogP contribution is 2.33. The lowest BCUT2D eigenvalue weighted by atomic mass is 9.80. The number of amides is 1. The summed E-state index contributed by atoms with van der Waals surface area (Å²) in [5, 5.41) is 8.43. The van der Waals surface area contributed by atoms with Crippen molar-refractivity contribution >= 4 is 5.91 Å². The lowest BCUT2D eigenvalue weighted by Gasteiger charge is -2.26. The van der Waals surface area contributed by atoms with E-state index < -0.39 is 0 Å². The van der Waals surface area contributed by atoms with Gasteiger partial charge in [0.2, 0.25) is 5.91 Å². The molecule has 3 nitrogen and oxygen atoms in total. The summed E-state index contributed by atoms with van der Waals surface area (Å²) in [5.74, 6) is 0.560. The Morgan fingerprint density at radius 3 is 2.64 bits per heavy atom. The summed E-state index contributed by atoms with van der Waals surface area (Å²) in [4.78, 5) is 13.2. The normalized spacial score (nSPS) is 22.1. The molecular weight excluding hydrogens is 176 g/mol. The molecular formula is C11H18N2O. The van der Waals surface area contributed by atoms with Gasteiger partial charge in [0, 0.05) is 13.1 Å².